The number of benzene rings is 4. The van der Waals surface area contributed by atoms with Crippen molar-refractivity contribution in [3.63, 3.8) is 0 Å². The van der Waals surface area contributed by atoms with E-state index in [1.165, 1.54) is 35.6 Å². The number of carboxylic acids is 2. The Balaban J connectivity index is 0.000000289. The zero-order chi connectivity index (χ0) is 48.4. The fourth-order valence-electron chi connectivity index (χ4n) is 6.56. The van der Waals surface area contributed by atoms with E-state index in [-0.39, 0.29) is 29.2 Å². The lowest BCUT2D eigenvalue weighted by Gasteiger charge is -2.25. The second-order valence-corrected chi connectivity index (χ2v) is 19.2. The predicted molar refractivity (Wildman–Crippen MR) is 246 cm³/mol. The van der Waals surface area contributed by atoms with E-state index in [1.54, 1.807) is 87.0 Å². The van der Waals surface area contributed by atoms with Crippen LogP contribution < -0.4 is 10.6 Å². The highest BCUT2D eigenvalue weighted by molar-refractivity contribution is 7.89. The standard InChI is InChI=1S/C25H28N2O6S.C23H26N2O6S/c1-18-7-13-21(14-8-18)34(31,32)27-15-3-6-23(27)24(28)26-22(25(29)30)17-20-11-9-19(10-12-20)5-4-16-33-2;1-17-6-12-20(13-7-17)32(29,30)25(2)16-22(26)24-21(23(27)28)15-19-10-8-18(9-11-19)5-4-14-31-3/h7-14,22-23H,3,6,15-17H2,1-2H3,(H,26,28)(H,29,30);6-13,21H,14-16H2,1-3H3,(H,24,26)(H,27,28)/t22-,23-;21-/m00/s1. The van der Waals surface area contributed by atoms with Crippen LogP contribution in [0.4, 0.5) is 0 Å². The average molecular weight is 943 g/mol. The molecule has 1 heterocycles. The van der Waals surface area contributed by atoms with Crippen molar-refractivity contribution in [3.05, 3.63) is 130 Å². The lowest BCUT2D eigenvalue weighted by molar-refractivity contribution is -0.142. The Morgan fingerprint density at radius 3 is 1.58 bits per heavy atom. The van der Waals surface area contributed by atoms with Crippen molar-refractivity contribution >= 4 is 43.8 Å². The molecule has 0 spiro atoms. The smallest absolute Gasteiger partial charge is 0.326 e. The highest BCUT2D eigenvalue weighted by Crippen LogP contribution is 2.27. The number of nitrogens with one attached hydrogen (secondary N) is 2. The Labute approximate surface area is 386 Å². The van der Waals surface area contributed by atoms with E-state index in [0.29, 0.717) is 37.2 Å². The van der Waals surface area contributed by atoms with E-state index in [0.717, 1.165) is 26.6 Å². The van der Waals surface area contributed by atoms with Gasteiger partial charge in [-0.2, -0.15) is 8.61 Å². The minimum atomic E-state index is -3.88. The number of rotatable bonds is 17. The second-order valence-electron chi connectivity index (χ2n) is 15.3. The molecule has 1 aliphatic heterocycles. The Bertz CT molecular complexity index is 2650. The number of nitrogens with zero attached hydrogens (tertiary/aromatic N) is 2. The van der Waals surface area contributed by atoms with Crippen molar-refractivity contribution in [1.29, 1.82) is 0 Å². The van der Waals surface area contributed by atoms with Gasteiger partial charge in [-0.15, -0.1) is 0 Å². The Hall–Kier alpha value is -6.38. The zero-order valence-corrected chi connectivity index (χ0v) is 38.9. The molecule has 0 unspecified atom stereocenters. The van der Waals surface area contributed by atoms with Crippen molar-refractivity contribution < 1.29 is 55.7 Å². The molecule has 18 heteroatoms. The first kappa shape index (κ1) is 52.2. The van der Waals surface area contributed by atoms with E-state index in [4.69, 9.17) is 9.47 Å². The van der Waals surface area contributed by atoms with Crippen LogP contribution in [0.15, 0.2) is 107 Å². The van der Waals surface area contributed by atoms with Crippen LogP contribution in [-0.2, 0) is 61.5 Å². The van der Waals surface area contributed by atoms with E-state index >= 15 is 0 Å². The van der Waals surface area contributed by atoms with Gasteiger partial charge in [-0.25, -0.2) is 26.4 Å². The van der Waals surface area contributed by atoms with Gasteiger partial charge in [0.25, 0.3) is 0 Å². The molecule has 16 nitrogen and oxygen atoms in total. The zero-order valence-electron chi connectivity index (χ0n) is 37.3. The van der Waals surface area contributed by atoms with Gasteiger partial charge >= 0.3 is 11.9 Å². The molecule has 1 aliphatic rings. The third-order valence-electron chi connectivity index (χ3n) is 10.2. The number of aryl methyl sites for hydroxylation is 2. The molecule has 0 aliphatic carbocycles. The molecule has 350 valence electrons. The SMILES string of the molecule is COCC#Cc1ccc(C[C@H](NC(=O)CN(C)S(=O)(=O)c2ccc(C)cc2)C(=O)O)cc1.COCC#Cc1ccc(C[C@H](NC(=O)[C@@H]2CCCN2S(=O)(=O)c2ccc(C)cc2)C(=O)O)cc1. The Morgan fingerprint density at radius 2 is 1.14 bits per heavy atom. The van der Waals surface area contributed by atoms with Crippen LogP contribution in [0.2, 0.25) is 0 Å². The molecule has 5 rings (SSSR count). The lowest BCUT2D eigenvalue weighted by atomic mass is 10.0. The summed E-state index contributed by atoms with van der Waals surface area (Å²) in [6.07, 6.45) is 0.955. The molecule has 0 aromatic heterocycles. The fraction of sp³-hybridized carbons (Fsp3) is 0.333. The molecule has 66 heavy (non-hydrogen) atoms. The van der Waals surface area contributed by atoms with Crippen molar-refractivity contribution in [1.82, 2.24) is 19.2 Å². The van der Waals surface area contributed by atoms with Gasteiger partial charge in [-0.3, -0.25) is 9.59 Å². The van der Waals surface area contributed by atoms with Gasteiger partial charge in [0.05, 0.1) is 16.3 Å². The summed E-state index contributed by atoms with van der Waals surface area (Å²) >= 11 is 0. The van der Waals surface area contributed by atoms with E-state index < -0.39 is 68.5 Å². The lowest BCUT2D eigenvalue weighted by Crippen LogP contribution is -2.51. The monoisotopic (exact) mass is 942 g/mol. The number of amides is 2. The van der Waals surface area contributed by atoms with Gasteiger partial charge < -0.3 is 30.3 Å². The molecule has 0 saturated carbocycles. The number of ether oxygens (including phenoxy) is 2. The minimum Gasteiger partial charge on any atom is -0.480 e. The number of hydrogen-bond acceptors (Lipinski definition) is 10. The summed E-state index contributed by atoms with van der Waals surface area (Å²) in [6, 6.07) is 23.3. The summed E-state index contributed by atoms with van der Waals surface area (Å²) in [5, 5.41) is 24.1. The van der Waals surface area contributed by atoms with Crippen LogP contribution in [-0.4, -0.2) is 125 Å². The molecule has 3 atom stereocenters. The largest absolute Gasteiger partial charge is 0.480 e. The van der Waals surface area contributed by atoms with Gasteiger partial charge in [0.2, 0.25) is 31.9 Å². The van der Waals surface area contributed by atoms with Crippen LogP contribution in [0.5, 0.6) is 0 Å². The maximum Gasteiger partial charge on any atom is 0.326 e. The normalized spacial score (nSPS) is 14.5. The first-order valence-corrected chi connectivity index (χ1v) is 23.5. The van der Waals surface area contributed by atoms with Crippen LogP contribution in [0.1, 0.15) is 46.2 Å². The molecule has 0 radical (unpaired) electrons. The molecular formula is C48H54N4O12S2. The predicted octanol–water partition coefficient (Wildman–Crippen LogP) is 3.38. The van der Waals surface area contributed by atoms with Crippen LogP contribution in [0.25, 0.3) is 0 Å². The van der Waals surface area contributed by atoms with Gasteiger partial charge in [0.1, 0.15) is 31.3 Å². The van der Waals surface area contributed by atoms with Gasteiger partial charge in [-0.05, 0) is 86.3 Å². The number of aliphatic carboxylic acids is 2. The number of carbonyl (C=O) groups is 4. The van der Waals surface area contributed by atoms with Crippen LogP contribution >= 0.6 is 0 Å². The van der Waals surface area contributed by atoms with Crippen molar-refractivity contribution in [2.24, 2.45) is 0 Å². The number of hydrogen-bond donors (Lipinski definition) is 4. The third-order valence-corrected chi connectivity index (χ3v) is 13.9. The van der Waals surface area contributed by atoms with Crippen LogP contribution in [0.3, 0.4) is 0 Å². The summed E-state index contributed by atoms with van der Waals surface area (Å²) in [7, 11) is -3.38. The summed E-state index contributed by atoms with van der Waals surface area (Å²) in [5.74, 6) is 7.78. The van der Waals surface area contributed by atoms with E-state index in [1.807, 2.05) is 13.8 Å². The molecule has 4 aromatic rings. The second kappa shape index (κ2) is 24.8. The molecule has 0 bridgehead atoms. The summed E-state index contributed by atoms with van der Waals surface area (Å²) in [5.41, 5.74) is 4.75. The van der Waals surface area contributed by atoms with Crippen molar-refractivity contribution in [2.45, 2.75) is 67.4 Å². The highest BCUT2D eigenvalue weighted by atomic mass is 32.2. The maximum absolute atomic E-state index is 13.1. The van der Waals surface area contributed by atoms with Gasteiger partial charge in [0, 0.05) is 51.8 Å². The summed E-state index contributed by atoms with van der Waals surface area (Å²) in [4.78, 5) is 49.0. The van der Waals surface area contributed by atoms with Gasteiger partial charge in [0.15, 0.2) is 0 Å². The van der Waals surface area contributed by atoms with Gasteiger partial charge in [-0.1, -0.05) is 83.3 Å². The quantitative estimate of drug-likeness (QED) is 0.112. The van der Waals surface area contributed by atoms with Crippen molar-refractivity contribution in [3.8, 4) is 23.7 Å². The summed E-state index contributed by atoms with van der Waals surface area (Å²) < 4.78 is 63.3. The molecule has 1 fully saturated rings. The number of likely N-dealkylation sites (N-methyl/N-ethyl adjacent to an activating group) is 1. The van der Waals surface area contributed by atoms with E-state index in [9.17, 15) is 46.2 Å². The van der Waals surface area contributed by atoms with Crippen LogP contribution in [0, 0.1) is 37.5 Å². The number of sulfonamides is 2. The molecule has 4 N–H and O–H groups in total. The molecule has 1 saturated heterocycles. The van der Waals surface area contributed by atoms with Crippen molar-refractivity contribution in [2.75, 3.05) is 47.6 Å². The molecular weight excluding hydrogens is 889 g/mol. The molecule has 2 amide bonds. The Kier molecular flexibility index (Phi) is 19.6. The number of methoxy groups -OCH3 is 2. The summed E-state index contributed by atoms with van der Waals surface area (Å²) in [6.45, 7) is 4.01. The minimum absolute atomic E-state index is 0.0429. The first-order valence-electron chi connectivity index (χ1n) is 20.7. The maximum atomic E-state index is 13.1. The average Bonchev–Trinajstić information content (AvgIpc) is 3.79. The molecule has 4 aromatic carbocycles. The fourth-order valence-corrected chi connectivity index (χ4v) is 9.34. The Morgan fingerprint density at radius 1 is 0.697 bits per heavy atom. The number of carboxylic acid groups (broad SMARTS) is 2. The van der Waals surface area contributed by atoms with E-state index in [2.05, 4.69) is 34.3 Å². The highest BCUT2D eigenvalue weighted by Gasteiger charge is 2.40. The topological polar surface area (TPSA) is 226 Å². The first-order chi connectivity index (χ1) is 31.3. The number of carbonyl (C=O) groups excluding carboxylic acids is 2. The third kappa shape index (κ3) is 15.4.